The van der Waals surface area contributed by atoms with Crippen molar-refractivity contribution in [3.05, 3.63) is 65.1 Å². The van der Waals surface area contributed by atoms with Gasteiger partial charge in [-0.2, -0.15) is 5.10 Å². The number of rotatable bonds is 10. The summed E-state index contributed by atoms with van der Waals surface area (Å²) < 4.78 is 5.79. The van der Waals surface area contributed by atoms with Crippen molar-refractivity contribution in [2.24, 2.45) is 0 Å². The maximum Gasteiger partial charge on any atom is 0.236 e. The largest absolute Gasteiger partial charge is 0.492 e. The first kappa shape index (κ1) is 25.0. The third kappa shape index (κ3) is 6.31. The number of ether oxygens (including phenoxy) is 1. The molecule has 188 valence electrons. The molecular formula is C26H32N8O2. The molecule has 1 saturated heterocycles. The molecule has 1 fully saturated rings. The van der Waals surface area contributed by atoms with Gasteiger partial charge in [0.1, 0.15) is 24.0 Å². The van der Waals surface area contributed by atoms with Crippen LogP contribution >= 0.6 is 0 Å². The molecule has 0 radical (unpaired) electrons. The number of anilines is 3. The van der Waals surface area contributed by atoms with Crippen LogP contribution in [0.5, 0.6) is 5.75 Å². The Balaban J connectivity index is 1.53. The van der Waals surface area contributed by atoms with Crippen molar-refractivity contribution < 1.29 is 9.53 Å². The zero-order valence-electron chi connectivity index (χ0n) is 20.7. The number of piperidine rings is 1. The van der Waals surface area contributed by atoms with Crippen molar-refractivity contribution in [1.29, 1.82) is 0 Å². The zero-order chi connectivity index (χ0) is 25.3. The first-order valence-electron chi connectivity index (χ1n) is 12.1. The van der Waals surface area contributed by atoms with Crippen LogP contribution in [0.3, 0.4) is 0 Å². The Kier molecular flexibility index (Phi) is 8.36. The number of aryl methyl sites for hydroxylation is 1. The maximum absolute atomic E-state index is 12.3. The number of amides is 1. The number of nitrogens with zero attached hydrogens (tertiary/aromatic N) is 4. The molecule has 0 spiro atoms. The van der Waals surface area contributed by atoms with Gasteiger partial charge in [-0.05, 0) is 56.5 Å². The number of likely N-dealkylation sites (tertiary alicyclic amines) is 1. The van der Waals surface area contributed by atoms with Crippen LogP contribution in [0.25, 0.3) is 4.85 Å². The van der Waals surface area contributed by atoms with E-state index in [0.29, 0.717) is 55.9 Å². The molecule has 1 aliphatic heterocycles. The minimum atomic E-state index is 0.105. The minimum Gasteiger partial charge on any atom is -0.492 e. The molecule has 1 aliphatic rings. The van der Waals surface area contributed by atoms with Crippen LogP contribution in [0.2, 0.25) is 0 Å². The molecular weight excluding hydrogens is 456 g/mol. The van der Waals surface area contributed by atoms with Crippen molar-refractivity contribution in [2.75, 3.05) is 50.5 Å². The smallest absolute Gasteiger partial charge is 0.236 e. The first-order valence-corrected chi connectivity index (χ1v) is 12.1. The molecule has 3 aromatic rings. The molecule has 4 rings (SSSR count). The van der Waals surface area contributed by atoms with Crippen LogP contribution in [-0.4, -0.2) is 65.8 Å². The number of carbonyl (C=O) groups is 1. The standard InChI is InChI=1S/C26H32N8O2/c1-18-15-23(33-32-18)30-22-16-21(19-9-12-34(13-10-19)24(35)17-27-2)25(28-3)26(31-22)29-11-14-36-20-7-5-4-6-8-20/h4-8,15-16,19,27H,9-14,17H2,1-2H3,(H3,29,30,31,32,33). The second-order valence-electron chi connectivity index (χ2n) is 8.74. The lowest BCUT2D eigenvalue weighted by Gasteiger charge is -2.33. The fourth-order valence-electron chi connectivity index (χ4n) is 4.35. The van der Waals surface area contributed by atoms with Gasteiger partial charge in [-0.1, -0.05) is 18.2 Å². The van der Waals surface area contributed by atoms with E-state index in [1.54, 1.807) is 7.05 Å². The molecule has 36 heavy (non-hydrogen) atoms. The number of H-pyrrole nitrogens is 1. The summed E-state index contributed by atoms with van der Waals surface area (Å²) >= 11 is 0. The first-order chi connectivity index (χ1) is 17.6. The SMILES string of the molecule is [C-]#[N+]c1c(C2CCN(C(=O)CNC)CC2)cc(Nc2cc(C)[nH]n2)nc1NCCOc1ccccc1. The van der Waals surface area contributed by atoms with E-state index in [4.69, 9.17) is 16.3 Å². The van der Waals surface area contributed by atoms with Crippen molar-refractivity contribution in [3.8, 4) is 5.75 Å². The summed E-state index contributed by atoms with van der Waals surface area (Å²) in [6.45, 7) is 12.4. The summed E-state index contributed by atoms with van der Waals surface area (Å²) in [5.41, 5.74) is 2.38. The van der Waals surface area contributed by atoms with Gasteiger partial charge in [0, 0.05) is 31.4 Å². The monoisotopic (exact) mass is 488 g/mol. The number of carbonyl (C=O) groups excluding carboxylic acids is 1. The maximum atomic E-state index is 12.3. The lowest BCUT2D eigenvalue weighted by Crippen LogP contribution is -2.41. The Labute approximate surface area is 211 Å². The minimum absolute atomic E-state index is 0.105. The second kappa shape index (κ2) is 12.0. The van der Waals surface area contributed by atoms with Gasteiger partial charge in [0.2, 0.25) is 11.6 Å². The third-order valence-corrected chi connectivity index (χ3v) is 6.12. The van der Waals surface area contributed by atoms with Crippen molar-refractivity contribution >= 4 is 29.0 Å². The van der Waals surface area contributed by atoms with Gasteiger partial charge in [-0.3, -0.25) is 9.89 Å². The summed E-state index contributed by atoms with van der Waals surface area (Å²) in [6.07, 6.45) is 1.58. The van der Waals surface area contributed by atoms with Gasteiger partial charge in [0.05, 0.1) is 13.1 Å². The third-order valence-electron chi connectivity index (χ3n) is 6.12. The van der Waals surface area contributed by atoms with Gasteiger partial charge >= 0.3 is 0 Å². The van der Waals surface area contributed by atoms with E-state index < -0.39 is 0 Å². The van der Waals surface area contributed by atoms with Gasteiger partial charge < -0.3 is 25.6 Å². The number of likely N-dealkylation sites (N-methyl/N-ethyl adjacent to an activating group) is 1. The van der Waals surface area contributed by atoms with Crippen LogP contribution in [-0.2, 0) is 4.79 Å². The quantitative estimate of drug-likeness (QED) is 0.254. The van der Waals surface area contributed by atoms with Crippen LogP contribution in [0.4, 0.5) is 23.1 Å². The Bertz CT molecular complexity index is 1200. The van der Waals surface area contributed by atoms with E-state index in [-0.39, 0.29) is 11.8 Å². The number of pyridine rings is 1. The van der Waals surface area contributed by atoms with Gasteiger partial charge in [0.15, 0.2) is 5.82 Å². The Morgan fingerprint density at radius 1 is 1.22 bits per heavy atom. The molecule has 10 heteroatoms. The molecule has 2 aromatic heterocycles. The van der Waals surface area contributed by atoms with Crippen molar-refractivity contribution in [3.63, 3.8) is 0 Å². The average Bonchev–Trinajstić information content (AvgIpc) is 3.31. The highest BCUT2D eigenvalue weighted by Crippen LogP contribution is 2.40. The number of hydrogen-bond donors (Lipinski definition) is 4. The fraction of sp³-hybridized carbons (Fsp3) is 0.385. The molecule has 3 heterocycles. The Hall–Kier alpha value is -4.10. The van der Waals surface area contributed by atoms with E-state index in [1.165, 1.54) is 0 Å². The Morgan fingerprint density at radius 2 is 2.00 bits per heavy atom. The van der Waals surface area contributed by atoms with Crippen molar-refractivity contribution in [2.45, 2.75) is 25.7 Å². The lowest BCUT2D eigenvalue weighted by molar-refractivity contribution is -0.131. The number of aromatic nitrogens is 3. The molecule has 0 unspecified atom stereocenters. The normalized spacial score (nSPS) is 13.8. The number of hydrogen-bond acceptors (Lipinski definition) is 7. The molecule has 1 amide bonds. The van der Waals surface area contributed by atoms with E-state index in [1.807, 2.05) is 54.3 Å². The summed E-state index contributed by atoms with van der Waals surface area (Å²) in [4.78, 5) is 22.7. The predicted molar refractivity (Wildman–Crippen MR) is 140 cm³/mol. The van der Waals surface area contributed by atoms with E-state index in [2.05, 4.69) is 31.0 Å². The molecule has 0 saturated carbocycles. The topological polar surface area (TPSA) is 112 Å². The van der Waals surface area contributed by atoms with Crippen molar-refractivity contribution in [1.82, 2.24) is 25.4 Å². The van der Waals surface area contributed by atoms with Crippen LogP contribution in [0.1, 0.15) is 30.0 Å². The molecule has 0 bridgehead atoms. The molecule has 4 N–H and O–H groups in total. The predicted octanol–water partition coefficient (Wildman–Crippen LogP) is 3.82. The fourth-order valence-corrected chi connectivity index (χ4v) is 4.35. The molecule has 0 atom stereocenters. The highest BCUT2D eigenvalue weighted by Gasteiger charge is 2.27. The molecule has 1 aromatic carbocycles. The van der Waals surface area contributed by atoms with Crippen LogP contribution < -0.4 is 20.7 Å². The summed E-state index contributed by atoms with van der Waals surface area (Å²) in [5, 5.41) is 16.7. The number of para-hydroxylation sites is 1. The van der Waals surface area contributed by atoms with Crippen LogP contribution in [0, 0.1) is 13.5 Å². The van der Waals surface area contributed by atoms with E-state index in [9.17, 15) is 4.79 Å². The number of benzene rings is 1. The van der Waals surface area contributed by atoms with E-state index in [0.717, 1.165) is 29.8 Å². The number of nitrogens with one attached hydrogen (secondary N) is 4. The number of aromatic amines is 1. The molecule has 0 aliphatic carbocycles. The summed E-state index contributed by atoms with van der Waals surface area (Å²) in [5.74, 6) is 2.84. The zero-order valence-corrected chi connectivity index (χ0v) is 20.7. The van der Waals surface area contributed by atoms with Gasteiger partial charge in [0.25, 0.3) is 0 Å². The average molecular weight is 489 g/mol. The van der Waals surface area contributed by atoms with E-state index >= 15 is 0 Å². The molecule has 10 nitrogen and oxygen atoms in total. The van der Waals surface area contributed by atoms with Gasteiger partial charge in [-0.15, -0.1) is 0 Å². The lowest BCUT2D eigenvalue weighted by atomic mass is 9.88. The summed E-state index contributed by atoms with van der Waals surface area (Å²) in [6, 6.07) is 13.5. The van der Waals surface area contributed by atoms with Crippen LogP contribution in [0.15, 0.2) is 42.5 Å². The Morgan fingerprint density at radius 3 is 2.67 bits per heavy atom. The van der Waals surface area contributed by atoms with Gasteiger partial charge in [-0.25, -0.2) is 9.83 Å². The highest BCUT2D eigenvalue weighted by atomic mass is 16.5. The second-order valence-corrected chi connectivity index (χ2v) is 8.74. The highest BCUT2D eigenvalue weighted by molar-refractivity contribution is 5.78. The summed E-state index contributed by atoms with van der Waals surface area (Å²) in [7, 11) is 1.78.